The average Bonchev–Trinajstić information content (AvgIpc) is 2.61. The summed E-state index contributed by atoms with van der Waals surface area (Å²) in [6, 6.07) is 1.88. The normalized spacial score (nSPS) is 26.7. The number of H-pyrrole nitrogens is 1. The molecule has 0 radical (unpaired) electrons. The molecule has 4 rings (SSSR count). The maximum atomic E-state index is 12.4. The van der Waals surface area contributed by atoms with Gasteiger partial charge in [-0.2, -0.15) is 0 Å². The van der Waals surface area contributed by atoms with E-state index in [-0.39, 0.29) is 17.2 Å². The van der Waals surface area contributed by atoms with Crippen molar-refractivity contribution in [3.8, 4) is 11.8 Å². The Morgan fingerprint density at radius 3 is 2.77 bits per heavy atom. The van der Waals surface area contributed by atoms with Crippen molar-refractivity contribution in [3.63, 3.8) is 0 Å². The fourth-order valence-corrected chi connectivity index (χ4v) is 4.11. The summed E-state index contributed by atoms with van der Waals surface area (Å²) >= 11 is 0. The first-order chi connectivity index (χ1) is 12.5. The molecule has 3 fully saturated rings. The van der Waals surface area contributed by atoms with Gasteiger partial charge in [-0.05, 0) is 38.7 Å². The van der Waals surface area contributed by atoms with Gasteiger partial charge in [0.25, 0.3) is 5.56 Å². The Hall–Kier alpha value is -1.81. The molecule has 1 spiro atoms. The Balaban J connectivity index is 1.60. The van der Waals surface area contributed by atoms with E-state index in [1.165, 1.54) is 0 Å². The minimum atomic E-state index is -0.895. The number of aromatic amines is 1. The summed E-state index contributed by atoms with van der Waals surface area (Å²) in [4.78, 5) is 17.3. The monoisotopic (exact) mass is 358 g/mol. The van der Waals surface area contributed by atoms with E-state index >= 15 is 0 Å². The summed E-state index contributed by atoms with van der Waals surface area (Å²) in [6.07, 6.45) is 6.25. The van der Waals surface area contributed by atoms with Gasteiger partial charge in [0, 0.05) is 18.3 Å². The topological polar surface area (TPSA) is 74.8 Å². The predicted octanol–water partition coefficient (Wildman–Crippen LogP) is 1.42. The highest BCUT2D eigenvalue weighted by Gasteiger charge is 2.50. The number of hydrogen-bond donors (Lipinski definition) is 2. The molecule has 1 saturated carbocycles. The second-order valence-corrected chi connectivity index (χ2v) is 7.72. The van der Waals surface area contributed by atoms with E-state index in [4.69, 9.17) is 9.47 Å². The van der Waals surface area contributed by atoms with Gasteiger partial charge in [0.15, 0.2) is 0 Å². The van der Waals surface area contributed by atoms with Crippen LogP contribution in [0.2, 0.25) is 0 Å². The molecule has 1 aromatic heterocycles. The number of ether oxygens (including phenoxy) is 2. The van der Waals surface area contributed by atoms with Gasteiger partial charge in [-0.15, -0.1) is 0 Å². The van der Waals surface area contributed by atoms with Crippen molar-refractivity contribution < 1.29 is 14.6 Å². The number of anilines is 1. The summed E-state index contributed by atoms with van der Waals surface area (Å²) in [6.45, 7) is 4.43. The first kappa shape index (κ1) is 17.6. The van der Waals surface area contributed by atoms with Gasteiger partial charge in [0.2, 0.25) is 0 Å². The van der Waals surface area contributed by atoms with Gasteiger partial charge in [0.1, 0.15) is 16.9 Å². The van der Waals surface area contributed by atoms with Crippen LogP contribution in [0.3, 0.4) is 0 Å². The molecule has 2 N–H and O–H groups in total. The molecule has 1 aliphatic carbocycles. The first-order valence-corrected chi connectivity index (χ1v) is 9.48. The van der Waals surface area contributed by atoms with Crippen LogP contribution in [0, 0.1) is 11.8 Å². The van der Waals surface area contributed by atoms with Crippen LogP contribution in [0.25, 0.3) is 0 Å². The van der Waals surface area contributed by atoms with Gasteiger partial charge >= 0.3 is 0 Å². The van der Waals surface area contributed by atoms with Crippen LogP contribution in [-0.2, 0) is 9.47 Å². The van der Waals surface area contributed by atoms with E-state index in [2.05, 4.69) is 28.6 Å². The number of aliphatic hydroxyl groups is 1. The fourth-order valence-electron chi connectivity index (χ4n) is 4.11. The summed E-state index contributed by atoms with van der Waals surface area (Å²) in [5.74, 6) is 6.11. The molecular weight excluding hydrogens is 332 g/mol. The Kier molecular flexibility index (Phi) is 4.55. The van der Waals surface area contributed by atoms with Crippen LogP contribution < -0.4 is 10.5 Å². The van der Waals surface area contributed by atoms with Crippen LogP contribution in [0.5, 0.6) is 0 Å². The first-order valence-electron chi connectivity index (χ1n) is 9.48. The van der Waals surface area contributed by atoms with Crippen LogP contribution in [-0.4, -0.2) is 53.7 Å². The smallest absolute Gasteiger partial charge is 0.271 e. The quantitative estimate of drug-likeness (QED) is 0.743. The number of pyridine rings is 1. The molecule has 0 aromatic carbocycles. The molecule has 0 bridgehead atoms. The van der Waals surface area contributed by atoms with Crippen molar-refractivity contribution in [2.75, 3.05) is 31.3 Å². The van der Waals surface area contributed by atoms with Crippen molar-refractivity contribution in [2.24, 2.45) is 0 Å². The summed E-state index contributed by atoms with van der Waals surface area (Å²) in [5.41, 5.74) is -0.0145. The molecule has 0 amide bonds. The van der Waals surface area contributed by atoms with E-state index in [1.807, 2.05) is 6.07 Å². The molecule has 6 nitrogen and oxygen atoms in total. The van der Waals surface area contributed by atoms with Crippen LogP contribution in [0.4, 0.5) is 5.69 Å². The molecule has 3 aliphatic rings. The van der Waals surface area contributed by atoms with Gasteiger partial charge in [0.05, 0.1) is 25.9 Å². The van der Waals surface area contributed by atoms with E-state index < -0.39 is 5.60 Å². The lowest BCUT2D eigenvalue weighted by atomic mass is 9.85. The van der Waals surface area contributed by atoms with Crippen molar-refractivity contribution in [1.82, 2.24) is 4.98 Å². The lowest BCUT2D eigenvalue weighted by Crippen LogP contribution is -2.68. The van der Waals surface area contributed by atoms with E-state index in [0.717, 1.165) is 37.7 Å². The zero-order valence-electron chi connectivity index (χ0n) is 15.2. The zero-order chi connectivity index (χ0) is 18.2. The molecule has 1 aromatic rings. The molecule has 6 heteroatoms. The van der Waals surface area contributed by atoms with Crippen molar-refractivity contribution in [1.29, 1.82) is 0 Å². The molecule has 2 aliphatic heterocycles. The van der Waals surface area contributed by atoms with E-state index in [1.54, 1.807) is 6.20 Å². The molecule has 2 saturated heterocycles. The molecule has 140 valence electrons. The summed E-state index contributed by atoms with van der Waals surface area (Å²) in [5, 5.41) is 10.6. The minimum Gasteiger partial charge on any atom is -0.378 e. The standard InChI is InChI=1S/C20H26N2O4/c1-15-20(13-25-14-20)26-10-9-22(15)17-11-16(12-21-18(17)23)5-8-19(24)6-3-2-4-7-19/h11-12,15,24H,2-4,6-7,9-10,13-14H2,1H3,(H,21,23). The van der Waals surface area contributed by atoms with Gasteiger partial charge in [-0.1, -0.05) is 18.3 Å². The van der Waals surface area contributed by atoms with Gasteiger partial charge in [-0.3, -0.25) is 4.79 Å². The Labute approximate surface area is 153 Å². The lowest BCUT2D eigenvalue weighted by Gasteiger charge is -2.53. The highest BCUT2D eigenvalue weighted by molar-refractivity contribution is 5.52. The van der Waals surface area contributed by atoms with E-state index in [0.29, 0.717) is 32.1 Å². The Bertz CT molecular complexity index is 781. The fraction of sp³-hybridized carbons (Fsp3) is 0.650. The SMILES string of the molecule is CC1N(c2cc(C#CC3(O)CCCCC3)c[nH]c2=O)CCOC12COC2. The molecule has 26 heavy (non-hydrogen) atoms. The third-order valence-corrected chi connectivity index (χ3v) is 5.96. The van der Waals surface area contributed by atoms with Gasteiger partial charge < -0.3 is 24.5 Å². The Morgan fingerprint density at radius 2 is 2.08 bits per heavy atom. The van der Waals surface area contributed by atoms with Crippen molar-refractivity contribution in [2.45, 2.75) is 56.3 Å². The zero-order valence-corrected chi connectivity index (χ0v) is 15.2. The highest BCUT2D eigenvalue weighted by Crippen LogP contribution is 2.34. The second kappa shape index (κ2) is 6.73. The molecule has 3 heterocycles. The average molecular weight is 358 g/mol. The number of hydrogen-bond acceptors (Lipinski definition) is 5. The number of aromatic nitrogens is 1. The Morgan fingerprint density at radius 1 is 1.31 bits per heavy atom. The third kappa shape index (κ3) is 3.16. The molecule has 1 unspecified atom stereocenters. The number of morpholine rings is 1. The van der Waals surface area contributed by atoms with Crippen LogP contribution in [0.15, 0.2) is 17.1 Å². The largest absolute Gasteiger partial charge is 0.378 e. The lowest BCUT2D eigenvalue weighted by molar-refractivity contribution is -0.228. The second-order valence-electron chi connectivity index (χ2n) is 7.72. The maximum absolute atomic E-state index is 12.4. The maximum Gasteiger partial charge on any atom is 0.271 e. The van der Waals surface area contributed by atoms with Crippen LogP contribution >= 0.6 is 0 Å². The third-order valence-electron chi connectivity index (χ3n) is 5.96. The van der Waals surface area contributed by atoms with Crippen LogP contribution in [0.1, 0.15) is 44.6 Å². The summed E-state index contributed by atoms with van der Waals surface area (Å²) in [7, 11) is 0. The van der Waals surface area contributed by atoms with Gasteiger partial charge in [-0.25, -0.2) is 0 Å². The van der Waals surface area contributed by atoms with Crippen molar-refractivity contribution >= 4 is 5.69 Å². The number of nitrogens with zero attached hydrogens (tertiary/aromatic N) is 1. The van der Waals surface area contributed by atoms with E-state index in [9.17, 15) is 9.90 Å². The predicted molar refractivity (Wildman–Crippen MR) is 98.3 cm³/mol. The highest BCUT2D eigenvalue weighted by atomic mass is 16.6. The number of nitrogens with one attached hydrogen (secondary N) is 1. The number of rotatable bonds is 1. The minimum absolute atomic E-state index is 0.0526. The van der Waals surface area contributed by atoms with Crippen molar-refractivity contribution in [3.05, 3.63) is 28.2 Å². The summed E-state index contributed by atoms with van der Waals surface area (Å²) < 4.78 is 11.3. The molecule has 1 atom stereocenters. The molecular formula is C20H26N2O4.